The third-order valence-corrected chi connectivity index (χ3v) is 4.33. The lowest BCUT2D eigenvalue weighted by Gasteiger charge is -2.11. The van der Waals surface area contributed by atoms with Gasteiger partial charge in [-0.1, -0.05) is 68.4 Å². The highest BCUT2D eigenvalue weighted by Crippen LogP contribution is 2.27. The van der Waals surface area contributed by atoms with E-state index in [1.54, 1.807) is 12.1 Å². The highest BCUT2D eigenvalue weighted by molar-refractivity contribution is 5.90. The molecule has 0 unspecified atom stereocenters. The van der Waals surface area contributed by atoms with E-state index in [0.29, 0.717) is 18.3 Å². The van der Waals surface area contributed by atoms with Gasteiger partial charge in [-0.15, -0.1) is 0 Å². The summed E-state index contributed by atoms with van der Waals surface area (Å²) in [5, 5.41) is 9.45. The van der Waals surface area contributed by atoms with Crippen LogP contribution in [0.1, 0.15) is 35.3 Å². The fourth-order valence-corrected chi connectivity index (χ4v) is 3.02. The third kappa shape index (κ3) is 5.20. The van der Waals surface area contributed by atoms with Gasteiger partial charge in [-0.25, -0.2) is 4.79 Å². The number of hydrogen-bond acceptors (Lipinski definition) is 2. The fourth-order valence-electron chi connectivity index (χ4n) is 3.02. The van der Waals surface area contributed by atoms with E-state index in [2.05, 4.69) is 26.0 Å². The average molecular weight is 360 g/mol. The SMILES string of the molecule is CC(C)Cc1ccc(-c2cc(OCc3ccccc3)cc(C(=O)O)c2)cc1. The topological polar surface area (TPSA) is 46.5 Å². The van der Waals surface area contributed by atoms with E-state index in [9.17, 15) is 9.90 Å². The summed E-state index contributed by atoms with van der Waals surface area (Å²) < 4.78 is 5.86. The first-order chi connectivity index (χ1) is 13.0. The quantitative estimate of drug-likeness (QED) is 0.577. The van der Waals surface area contributed by atoms with Crippen molar-refractivity contribution in [3.63, 3.8) is 0 Å². The molecule has 3 rings (SSSR count). The number of hydrogen-bond donors (Lipinski definition) is 1. The predicted molar refractivity (Wildman–Crippen MR) is 108 cm³/mol. The van der Waals surface area contributed by atoms with E-state index in [1.807, 2.05) is 48.5 Å². The molecule has 0 aliphatic carbocycles. The first-order valence-corrected chi connectivity index (χ1v) is 9.15. The molecule has 0 aliphatic rings. The molecule has 0 aliphatic heterocycles. The number of benzene rings is 3. The zero-order valence-corrected chi connectivity index (χ0v) is 15.7. The first-order valence-electron chi connectivity index (χ1n) is 9.15. The van der Waals surface area contributed by atoms with Crippen molar-refractivity contribution in [2.45, 2.75) is 26.9 Å². The van der Waals surface area contributed by atoms with Crippen molar-refractivity contribution in [2.75, 3.05) is 0 Å². The minimum atomic E-state index is -0.960. The standard InChI is InChI=1S/C24H24O3/c1-17(2)12-18-8-10-20(11-9-18)21-13-22(24(25)26)15-23(14-21)27-16-19-6-4-3-5-7-19/h3-11,13-15,17H,12,16H2,1-2H3,(H,25,26). The van der Waals surface area contributed by atoms with Crippen LogP contribution >= 0.6 is 0 Å². The molecule has 3 aromatic rings. The molecule has 0 bridgehead atoms. The highest BCUT2D eigenvalue weighted by Gasteiger charge is 2.10. The maximum atomic E-state index is 11.5. The molecule has 3 nitrogen and oxygen atoms in total. The van der Waals surface area contributed by atoms with Gasteiger partial charge >= 0.3 is 5.97 Å². The summed E-state index contributed by atoms with van der Waals surface area (Å²) in [6.07, 6.45) is 1.03. The summed E-state index contributed by atoms with van der Waals surface area (Å²) in [5.41, 5.74) is 4.37. The zero-order valence-electron chi connectivity index (χ0n) is 15.7. The van der Waals surface area contributed by atoms with Gasteiger partial charge in [-0.3, -0.25) is 0 Å². The second-order valence-corrected chi connectivity index (χ2v) is 7.12. The molecule has 3 heteroatoms. The van der Waals surface area contributed by atoms with Crippen molar-refractivity contribution in [3.8, 4) is 16.9 Å². The van der Waals surface area contributed by atoms with Crippen molar-refractivity contribution in [2.24, 2.45) is 5.92 Å². The van der Waals surface area contributed by atoms with E-state index < -0.39 is 5.97 Å². The van der Waals surface area contributed by atoms with Gasteiger partial charge in [0.05, 0.1) is 5.56 Å². The summed E-state index contributed by atoms with van der Waals surface area (Å²) in [6.45, 7) is 4.79. The molecule has 3 aromatic carbocycles. The average Bonchev–Trinajstić information content (AvgIpc) is 2.67. The Labute approximate surface area is 160 Å². The van der Waals surface area contributed by atoms with Crippen LogP contribution in [0.5, 0.6) is 5.75 Å². The Morgan fingerprint density at radius 2 is 1.59 bits per heavy atom. The van der Waals surface area contributed by atoms with Crippen molar-refractivity contribution in [3.05, 3.63) is 89.5 Å². The molecule has 0 saturated carbocycles. The molecule has 0 radical (unpaired) electrons. The molecule has 0 saturated heterocycles. The monoisotopic (exact) mass is 360 g/mol. The van der Waals surface area contributed by atoms with Gasteiger partial charge in [-0.2, -0.15) is 0 Å². The van der Waals surface area contributed by atoms with Crippen LogP contribution in [0, 0.1) is 5.92 Å². The van der Waals surface area contributed by atoms with Gasteiger partial charge in [0.2, 0.25) is 0 Å². The maximum absolute atomic E-state index is 11.5. The van der Waals surface area contributed by atoms with Gasteiger partial charge < -0.3 is 9.84 Å². The molecule has 0 amide bonds. The molecular weight excluding hydrogens is 336 g/mol. The van der Waals surface area contributed by atoms with E-state index in [0.717, 1.165) is 23.1 Å². The normalized spacial score (nSPS) is 10.8. The lowest BCUT2D eigenvalue weighted by molar-refractivity contribution is 0.0696. The van der Waals surface area contributed by atoms with E-state index >= 15 is 0 Å². The zero-order chi connectivity index (χ0) is 19.2. The smallest absolute Gasteiger partial charge is 0.335 e. The Kier molecular flexibility index (Phi) is 5.92. The van der Waals surface area contributed by atoms with E-state index in [-0.39, 0.29) is 5.56 Å². The largest absolute Gasteiger partial charge is 0.489 e. The summed E-state index contributed by atoms with van der Waals surface area (Å²) in [5.74, 6) is 0.196. The minimum absolute atomic E-state index is 0.224. The Morgan fingerprint density at radius 3 is 2.22 bits per heavy atom. The van der Waals surface area contributed by atoms with Crippen LogP contribution in [-0.2, 0) is 13.0 Å². The van der Waals surface area contributed by atoms with Crippen molar-refractivity contribution in [1.82, 2.24) is 0 Å². The molecule has 0 heterocycles. The third-order valence-electron chi connectivity index (χ3n) is 4.33. The summed E-state index contributed by atoms with van der Waals surface area (Å²) >= 11 is 0. The van der Waals surface area contributed by atoms with Gasteiger partial charge in [0.15, 0.2) is 0 Å². The second kappa shape index (κ2) is 8.54. The molecule has 0 fully saturated rings. The van der Waals surface area contributed by atoms with Crippen molar-refractivity contribution < 1.29 is 14.6 Å². The maximum Gasteiger partial charge on any atom is 0.335 e. The summed E-state index contributed by atoms with van der Waals surface area (Å²) in [7, 11) is 0. The summed E-state index contributed by atoms with van der Waals surface area (Å²) in [4.78, 5) is 11.5. The van der Waals surface area contributed by atoms with Gasteiger partial charge in [-0.05, 0) is 52.8 Å². The fraction of sp³-hybridized carbons (Fsp3) is 0.208. The van der Waals surface area contributed by atoms with Crippen LogP contribution in [0.25, 0.3) is 11.1 Å². The minimum Gasteiger partial charge on any atom is -0.489 e. The predicted octanol–water partition coefficient (Wildman–Crippen LogP) is 5.83. The first kappa shape index (κ1) is 18.7. The van der Waals surface area contributed by atoms with E-state index in [1.165, 1.54) is 5.56 Å². The molecule has 0 spiro atoms. The van der Waals surface area contributed by atoms with Crippen molar-refractivity contribution in [1.29, 1.82) is 0 Å². The lowest BCUT2D eigenvalue weighted by atomic mass is 9.98. The van der Waals surface area contributed by atoms with Crippen LogP contribution in [-0.4, -0.2) is 11.1 Å². The molecular formula is C24H24O3. The number of carboxylic acids is 1. The van der Waals surface area contributed by atoms with Crippen LogP contribution in [0.2, 0.25) is 0 Å². The highest BCUT2D eigenvalue weighted by atomic mass is 16.5. The van der Waals surface area contributed by atoms with Gasteiger partial charge in [0.1, 0.15) is 12.4 Å². The van der Waals surface area contributed by atoms with Crippen LogP contribution < -0.4 is 4.74 Å². The molecule has 27 heavy (non-hydrogen) atoms. The number of carboxylic acid groups (broad SMARTS) is 1. The Bertz CT molecular complexity index is 897. The number of rotatable bonds is 7. The van der Waals surface area contributed by atoms with Crippen LogP contribution in [0.3, 0.4) is 0 Å². The van der Waals surface area contributed by atoms with Gasteiger partial charge in [0.25, 0.3) is 0 Å². The van der Waals surface area contributed by atoms with Gasteiger partial charge in [0, 0.05) is 0 Å². The molecule has 0 aromatic heterocycles. The second-order valence-electron chi connectivity index (χ2n) is 7.12. The molecule has 138 valence electrons. The van der Waals surface area contributed by atoms with Crippen LogP contribution in [0.15, 0.2) is 72.8 Å². The lowest BCUT2D eigenvalue weighted by Crippen LogP contribution is -2.00. The van der Waals surface area contributed by atoms with E-state index in [4.69, 9.17) is 4.74 Å². The number of carbonyl (C=O) groups is 1. The summed E-state index contributed by atoms with van der Waals surface area (Å²) in [6, 6.07) is 23.3. The Morgan fingerprint density at radius 1 is 0.889 bits per heavy atom. The number of ether oxygens (including phenoxy) is 1. The van der Waals surface area contributed by atoms with Crippen molar-refractivity contribution >= 4 is 5.97 Å². The van der Waals surface area contributed by atoms with Crippen LogP contribution in [0.4, 0.5) is 0 Å². The Balaban J connectivity index is 1.86. The molecule has 1 N–H and O–H groups in total. The molecule has 0 atom stereocenters. The number of aromatic carboxylic acids is 1. The Hall–Kier alpha value is -3.07.